The highest BCUT2D eigenvalue weighted by Crippen LogP contribution is 2.35. The molecule has 1 atom stereocenters. The average Bonchev–Trinajstić information content (AvgIpc) is 3.55. The highest BCUT2D eigenvalue weighted by Gasteiger charge is 2.35. The first-order valence-corrected chi connectivity index (χ1v) is 10.3. The number of halogens is 1. The van der Waals surface area contributed by atoms with Gasteiger partial charge in [0.15, 0.2) is 0 Å². The van der Waals surface area contributed by atoms with E-state index in [0.29, 0.717) is 23.5 Å². The zero-order valence-electron chi connectivity index (χ0n) is 16.0. The molecule has 0 radical (unpaired) electrons. The Bertz CT molecular complexity index is 1290. The van der Waals surface area contributed by atoms with Crippen molar-refractivity contribution >= 4 is 23.0 Å². The lowest BCUT2D eigenvalue weighted by Gasteiger charge is -2.20. The van der Waals surface area contributed by atoms with E-state index in [9.17, 15) is 14.0 Å². The molecule has 0 unspecified atom stereocenters. The van der Waals surface area contributed by atoms with Crippen LogP contribution in [0.4, 0.5) is 4.39 Å². The van der Waals surface area contributed by atoms with Gasteiger partial charge in [0.05, 0.1) is 12.3 Å². The molecule has 0 aliphatic carbocycles. The van der Waals surface area contributed by atoms with E-state index in [4.69, 9.17) is 8.83 Å². The van der Waals surface area contributed by atoms with Crippen molar-refractivity contribution in [3.05, 3.63) is 87.2 Å². The Labute approximate surface area is 178 Å². The lowest BCUT2D eigenvalue weighted by atomic mass is 10.1. The summed E-state index contributed by atoms with van der Waals surface area (Å²) in [7, 11) is 0. The number of nitrogens with zero attached hydrogens (tertiary/aromatic N) is 4. The second-order valence-corrected chi connectivity index (χ2v) is 7.81. The van der Waals surface area contributed by atoms with Crippen molar-refractivity contribution in [2.75, 3.05) is 0 Å². The van der Waals surface area contributed by atoms with E-state index in [0.717, 1.165) is 9.56 Å². The summed E-state index contributed by atoms with van der Waals surface area (Å²) >= 11 is 1.52. The Kier molecular flexibility index (Phi) is 4.83. The van der Waals surface area contributed by atoms with Gasteiger partial charge in [0.25, 0.3) is 5.91 Å². The van der Waals surface area contributed by atoms with Crippen LogP contribution >= 0.6 is 11.3 Å². The summed E-state index contributed by atoms with van der Waals surface area (Å²) in [5.74, 6) is -1.02. The van der Waals surface area contributed by atoms with Gasteiger partial charge in [-0.25, -0.2) is 14.2 Å². The van der Waals surface area contributed by atoms with Gasteiger partial charge >= 0.3 is 5.76 Å². The molecule has 3 aromatic heterocycles. The van der Waals surface area contributed by atoms with Gasteiger partial charge in [0.2, 0.25) is 5.89 Å². The number of benzene rings is 1. The molecule has 0 spiro atoms. The minimum Gasteiger partial charge on any atom is -0.463 e. The van der Waals surface area contributed by atoms with E-state index in [-0.39, 0.29) is 18.5 Å². The van der Waals surface area contributed by atoms with Gasteiger partial charge in [-0.1, -0.05) is 6.07 Å². The van der Waals surface area contributed by atoms with E-state index >= 15 is 0 Å². The van der Waals surface area contributed by atoms with Crippen LogP contribution in [0.1, 0.15) is 23.1 Å². The molecule has 0 fully saturated rings. The molecule has 0 saturated heterocycles. The molecule has 10 heteroatoms. The molecule has 156 valence electrons. The third-order valence-corrected chi connectivity index (χ3v) is 5.80. The van der Waals surface area contributed by atoms with Gasteiger partial charge in [-0.3, -0.25) is 4.79 Å². The fourth-order valence-corrected chi connectivity index (χ4v) is 4.16. The Hall–Kier alpha value is -3.79. The standard InChI is InChI=1S/C21H15FN4O4S/c22-14-7-5-13(6-8-14)20-24-25(21(28)30-20)12-19(27)26-16(18-4-2-10-31-18)11-15(23-26)17-3-1-9-29-17/h1-10,16H,11-12H2/t16-/m0/s1. The molecule has 0 N–H and O–H groups in total. The zero-order valence-corrected chi connectivity index (χ0v) is 16.8. The van der Waals surface area contributed by atoms with Crippen LogP contribution in [0.3, 0.4) is 0 Å². The second-order valence-electron chi connectivity index (χ2n) is 6.84. The molecule has 0 saturated carbocycles. The molecule has 1 amide bonds. The Morgan fingerprint density at radius 1 is 1.19 bits per heavy atom. The normalized spacial score (nSPS) is 16.0. The number of aromatic nitrogens is 2. The fraction of sp³-hybridized carbons (Fsp3) is 0.143. The lowest BCUT2D eigenvalue weighted by Crippen LogP contribution is -2.33. The van der Waals surface area contributed by atoms with Crippen LogP contribution in [-0.4, -0.2) is 26.4 Å². The fourth-order valence-electron chi connectivity index (χ4n) is 3.35. The van der Waals surface area contributed by atoms with Crippen LogP contribution < -0.4 is 5.76 Å². The third kappa shape index (κ3) is 3.73. The maximum absolute atomic E-state index is 13.1. The minimum absolute atomic E-state index is 0.00815. The number of rotatable bonds is 5. The predicted octanol–water partition coefficient (Wildman–Crippen LogP) is 3.67. The number of thiophene rings is 1. The van der Waals surface area contributed by atoms with Crippen molar-refractivity contribution in [1.82, 2.24) is 14.8 Å². The van der Waals surface area contributed by atoms with Crippen LogP contribution in [-0.2, 0) is 11.3 Å². The van der Waals surface area contributed by atoms with E-state index in [1.54, 1.807) is 18.4 Å². The smallest absolute Gasteiger partial charge is 0.437 e. The molecule has 4 aromatic rings. The minimum atomic E-state index is -0.783. The van der Waals surface area contributed by atoms with Gasteiger partial charge in [0.1, 0.15) is 23.8 Å². The summed E-state index contributed by atoms with van der Waals surface area (Å²) in [6.07, 6.45) is 2.04. The van der Waals surface area contributed by atoms with Crippen molar-refractivity contribution in [2.24, 2.45) is 5.10 Å². The van der Waals surface area contributed by atoms with E-state index < -0.39 is 17.5 Å². The van der Waals surface area contributed by atoms with Crippen molar-refractivity contribution < 1.29 is 18.0 Å². The Morgan fingerprint density at radius 3 is 2.74 bits per heavy atom. The van der Waals surface area contributed by atoms with Gasteiger partial charge in [-0.15, -0.1) is 16.4 Å². The number of hydrogen-bond donors (Lipinski definition) is 0. The van der Waals surface area contributed by atoms with Gasteiger partial charge < -0.3 is 8.83 Å². The molecule has 1 aliphatic rings. The van der Waals surface area contributed by atoms with Crippen LogP contribution in [0.25, 0.3) is 11.5 Å². The number of carbonyl (C=O) groups excluding carboxylic acids is 1. The summed E-state index contributed by atoms with van der Waals surface area (Å²) < 4.78 is 24.6. The van der Waals surface area contributed by atoms with E-state index in [1.165, 1.54) is 40.6 Å². The highest BCUT2D eigenvalue weighted by atomic mass is 32.1. The number of amides is 1. The van der Waals surface area contributed by atoms with Crippen molar-refractivity contribution in [3.8, 4) is 11.5 Å². The Balaban J connectivity index is 1.42. The number of hydrogen-bond acceptors (Lipinski definition) is 7. The maximum Gasteiger partial charge on any atom is 0.437 e. The van der Waals surface area contributed by atoms with Crippen LogP contribution in [0.15, 0.2) is 78.9 Å². The molecule has 8 nitrogen and oxygen atoms in total. The molecule has 5 rings (SSSR count). The van der Waals surface area contributed by atoms with Gasteiger partial charge in [-0.2, -0.15) is 9.78 Å². The zero-order chi connectivity index (χ0) is 21.4. The number of hydrazone groups is 1. The molecular weight excluding hydrogens is 423 g/mol. The predicted molar refractivity (Wildman–Crippen MR) is 110 cm³/mol. The maximum atomic E-state index is 13.1. The highest BCUT2D eigenvalue weighted by molar-refractivity contribution is 7.10. The van der Waals surface area contributed by atoms with Crippen LogP contribution in [0.5, 0.6) is 0 Å². The number of carbonyl (C=O) groups is 1. The summed E-state index contributed by atoms with van der Waals surface area (Å²) in [6.45, 7) is -0.347. The van der Waals surface area contributed by atoms with Crippen molar-refractivity contribution in [2.45, 2.75) is 19.0 Å². The van der Waals surface area contributed by atoms with Crippen molar-refractivity contribution in [3.63, 3.8) is 0 Å². The first-order chi connectivity index (χ1) is 15.1. The summed E-state index contributed by atoms with van der Waals surface area (Å²) in [5, 5.41) is 11.8. The van der Waals surface area contributed by atoms with E-state index in [2.05, 4.69) is 10.2 Å². The monoisotopic (exact) mass is 438 g/mol. The van der Waals surface area contributed by atoms with Crippen LogP contribution in [0.2, 0.25) is 0 Å². The topological polar surface area (TPSA) is 93.8 Å². The van der Waals surface area contributed by atoms with E-state index in [1.807, 2.05) is 17.5 Å². The first kappa shape index (κ1) is 19.2. The second kappa shape index (κ2) is 7.80. The lowest BCUT2D eigenvalue weighted by molar-refractivity contribution is -0.133. The average molecular weight is 438 g/mol. The van der Waals surface area contributed by atoms with Gasteiger partial charge in [0, 0.05) is 16.9 Å². The summed E-state index contributed by atoms with van der Waals surface area (Å²) in [4.78, 5) is 26.3. The quantitative estimate of drug-likeness (QED) is 0.474. The molecule has 1 aliphatic heterocycles. The molecule has 0 bridgehead atoms. The molecule has 31 heavy (non-hydrogen) atoms. The largest absolute Gasteiger partial charge is 0.463 e. The molecule has 4 heterocycles. The van der Waals surface area contributed by atoms with Crippen LogP contribution in [0, 0.1) is 5.82 Å². The van der Waals surface area contributed by atoms with Crippen molar-refractivity contribution in [1.29, 1.82) is 0 Å². The summed E-state index contributed by atoms with van der Waals surface area (Å²) in [5.41, 5.74) is 1.08. The first-order valence-electron chi connectivity index (χ1n) is 9.39. The third-order valence-electron chi connectivity index (χ3n) is 4.83. The Morgan fingerprint density at radius 2 is 2.03 bits per heavy atom. The molecule has 1 aromatic carbocycles. The molecular formula is C21H15FN4O4S. The number of furan rings is 1. The SMILES string of the molecule is O=C(Cn1nc(-c2ccc(F)cc2)oc1=O)N1N=C(c2ccco2)C[C@H]1c1cccs1. The van der Waals surface area contributed by atoms with Gasteiger partial charge in [-0.05, 0) is 47.8 Å². The summed E-state index contributed by atoms with van der Waals surface area (Å²) in [6, 6.07) is 12.5.